The second kappa shape index (κ2) is 4.49. The fourth-order valence-electron chi connectivity index (χ4n) is 0.656. The zero-order valence-electron chi connectivity index (χ0n) is 6.74. The fraction of sp³-hybridized carbons (Fsp3) is 0.500. The molecule has 1 aromatic rings. The maximum atomic E-state index is 5.32. The van der Waals surface area contributed by atoms with E-state index in [1.54, 1.807) is 18.4 Å². The van der Waals surface area contributed by atoms with E-state index >= 15 is 0 Å². The smallest absolute Gasteiger partial charge is 0.154 e. The third kappa shape index (κ3) is 3.01. The van der Waals surface area contributed by atoms with E-state index in [1.807, 2.05) is 18.4 Å². The minimum Gasteiger partial charge on any atom is -0.356 e. The molecule has 3 heteroatoms. The summed E-state index contributed by atoms with van der Waals surface area (Å²) in [6.45, 7) is 2.52. The summed E-state index contributed by atoms with van der Waals surface area (Å²) in [4.78, 5) is 0. The van der Waals surface area contributed by atoms with Crippen LogP contribution in [0.5, 0.6) is 0 Å². The van der Waals surface area contributed by atoms with Crippen molar-refractivity contribution >= 4 is 11.3 Å². The minimum absolute atomic E-state index is 0.116. The molecule has 2 nitrogen and oxygen atoms in total. The highest BCUT2D eigenvalue weighted by Gasteiger charge is 1.98. The third-order valence-corrected chi connectivity index (χ3v) is 2.13. The Kier molecular flexibility index (Phi) is 3.56. The van der Waals surface area contributed by atoms with Crippen LogP contribution in [-0.4, -0.2) is 13.4 Å². The quantitative estimate of drug-likeness (QED) is 0.648. The summed E-state index contributed by atoms with van der Waals surface area (Å²) in [5, 5.41) is 4.11. The lowest BCUT2D eigenvalue weighted by Gasteiger charge is -2.09. The van der Waals surface area contributed by atoms with Crippen molar-refractivity contribution in [1.29, 1.82) is 0 Å². The normalized spacial score (nSPS) is 13.3. The molecule has 0 fully saturated rings. The highest BCUT2D eigenvalue weighted by molar-refractivity contribution is 7.07. The van der Waals surface area contributed by atoms with Gasteiger partial charge < -0.3 is 9.47 Å². The maximum absolute atomic E-state index is 5.32. The highest BCUT2D eigenvalue weighted by Crippen LogP contribution is 2.08. The average Bonchev–Trinajstić information content (AvgIpc) is 2.52. The number of rotatable bonds is 4. The van der Waals surface area contributed by atoms with E-state index in [-0.39, 0.29) is 6.29 Å². The number of hydrogen-bond acceptors (Lipinski definition) is 3. The van der Waals surface area contributed by atoms with E-state index in [2.05, 4.69) is 5.38 Å². The van der Waals surface area contributed by atoms with E-state index in [4.69, 9.17) is 9.47 Å². The van der Waals surface area contributed by atoms with Gasteiger partial charge in [0.2, 0.25) is 0 Å². The summed E-state index contributed by atoms with van der Waals surface area (Å²) in [6.07, 6.45) is -0.116. The third-order valence-electron chi connectivity index (χ3n) is 1.40. The Morgan fingerprint density at radius 2 is 2.45 bits per heavy atom. The second-order valence-electron chi connectivity index (χ2n) is 2.25. The molecule has 0 aliphatic heterocycles. The summed E-state index contributed by atoms with van der Waals surface area (Å²) in [5.74, 6) is 0. The molecule has 0 aliphatic carbocycles. The van der Waals surface area contributed by atoms with Crippen molar-refractivity contribution in [3.8, 4) is 0 Å². The van der Waals surface area contributed by atoms with Crippen molar-refractivity contribution in [1.82, 2.24) is 0 Å². The van der Waals surface area contributed by atoms with E-state index in [1.165, 1.54) is 5.56 Å². The van der Waals surface area contributed by atoms with Crippen molar-refractivity contribution < 1.29 is 9.47 Å². The first-order valence-electron chi connectivity index (χ1n) is 3.48. The number of hydrogen-bond donors (Lipinski definition) is 0. The summed E-state index contributed by atoms with van der Waals surface area (Å²) in [6, 6.07) is 2.05. The van der Waals surface area contributed by atoms with Crippen LogP contribution in [0.3, 0.4) is 0 Å². The lowest BCUT2D eigenvalue weighted by Crippen LogP contribution is -2.09. The Labute approximate surface area is 70.8 Å². The molecule has 1 aromatic heterocycles. The Morgan fingerprint density at radius 3 is 3.00 bits per heavy atom. The zero-order chi connectivity index (χ0) is 8.10. The summed E-state index contributed by atoms with van der Waals surface area (Å²) in [5.41, 5.74) is 1.21. The lowest BCUT2D eigenvalue weighted by molar-refractivity contribution is -0.118. The van der Waals surface area contributed by atoms with Crippen molar-refractivity contribution in [3.63, 3.8) is 0 Å². The molecule has 1 rings (SSSR count). The maximum Gasteiger partial charge on any atom is 0.154 e. The second-order valence-corrected chi connectivity index (χ2v) is 3.03. The van der Waals surface area contributed by atoms with Crippen LogP contribution in [0.15, 0.2) is 16.8 Å². The van der Waals surface area contributed by atoms with Crippen LogP contribution in [0.2, 0.25) is 0 Å². The van der Waals surface area contributed by atoms with Crippen LogP contribution in [0, 0.1) is 0 Å². The Hall–Kier alpha value is -0.380. The molecule has 1 unspecified atom stereocenters. The van der Waals surface area contributed by atoms with Gasteiger partial charge in [-0.15, -0.1) is 0 Å². The van der Waals surface area contributed by atoms with Gasteiger partial charge in [-0.25, -0.2) is 0 Å². The molecule has 0 radical (unpaired) electrons. The van der Waals surface area contributed by atoms with E-state index in [0.717, 1.165) is 0 Å². The zero-order valence-corrected chi connectivity index (χ0v) is 7.56. The standard InChI is InChI=1S/C8H12O2S/c1-7(9-2)10-5-8-3-4-11-6-8/h3-4,6-7H,5H2,1-2H3. The van der Waals surface area contributed by atoms with Gasteiger partial charge in [0.25, 0.3) is 0 Å². The average molecular weight is 172 g/mol. The number of methoxy groups -OCH3 is 1. The van der Waals surface area contributed by atoms with Crippen LogP contribution in [0.4, 0.5) is 0 Å². The summed E-state index contributed by atoms with van der Waals surface area (Å²) < 4.78 is 10.2. The number of thiophene rings is 1. The molecule has 11 heavy (non-hydrogen) atoms. The van der Waals surface area contributed by atoms with Crippen LogP contribution in [0.25, 0.3) is 0 Å². The fourth-order valence-corrected chi connectivity index (χ4v) is 1.31. The first-order valence-corrected chi connectivity index (χ1v) is 4.42. The van der Waals surface area contributed by atoms with Crippen LogP contribution >= 0.6 is 11.3 Å². The molecule has 0 aromatic carbocycles. The molecule has 0 spiro atoms. The summed E-state index contributed by atoms with van der Waals surface area (Å²) >= 11 is 1.68. The van der Waals surface area contributed by atoms with Crippen molar-refractivity contribution in [3.05, 3.63) is 22.4 Å². The molecule has 0 amide bonds. The monoisotopic (exact) mass is 172 g/mol. The van der Waals surface area contributed by atoms with Crippen molar-refractivity contribution in [2.24, 2.45) is 0 Å². The van der Waals surface area contributed by atoms with Gasteiger partial charge in [-0.1, -0.05) is 0 Å². The molecule has 0 saturated carbocycles. The Balaban J connectivity index is 2.23. The molecular formula is C8H12O2S. The van der Waals surface area contributed by atoms with E-state index in [0.29, 0.717) is 6.61 Å². The molecule has 1 atom stereocenters. The molecule has 1 heterocycles. The molecule has 0 N–H and O–H groups in total. The topological polar surface area (TPSA) is 18.5 Å². The highest BCUT2D eigenvalue weighted by atomic mass is 32.1. The summed E-state index contributed by atoms with van der Waals surface area (Å²) in [7, 11) is 1.64. The van der Waals surface area contributed by atoms with Crippen molar-refractivity contribution in [2.75, 3.05) is 7.11 Å². The van der Waals surface area contributed by atoms with Gasteiger partial charge in [0.05, 0.1) is 6.61 Å². The van der Waals surface area contributed by atoms with E-state index < -0.39 is 0 Å². The van der Waals surface area contributed by atoms with E-state index in [9.17, 15) is 0 Å². The lowest BCUT2D eigenvalue weighted by atomic mass is 10.4. The van der Waals surface area contributed by atoms with Gasteiger partial charge in [0.1, 0.15) is 0 Å². The first kappa shape index (κ1) is 8.71. The molecule has 62 valence electrons. The predicted molar refractivity (Wildman–Crippen MR) is 45.6 cm³/mol. The van der Waals surface area contributed by atoms with Crippen LogP contribution in [-0.2, 0) is 16.1 Å². The molecule has 0 aliphatic rings. The minimum atomic E-state index is -0.116. The largest absolute Gasteiger partial charge is 0.356 e. The Bertz CT molecular complexity index is 184. The van der Waals surface area contributed by atoms with Crippen LogP contribution in [0.1, 0.15) is 12.5 Å². The van der Waals surface area contributed by atoms with Gasteiger partial charge in [-0.05, 0) is 29.3 Å². The van der Waals surface area contributed by atoms with Gasteiger partial charge in [-0.3, -0.25) is 0 Å². The van der Waals surface area contributed by atoms with Gasteiger partial charge >= 0.3 is 0 Å². The van der Waals surface area contributed by atoms with Gasteiger partial charge in [0.15, 0.2) is 6.29 Å². The Morgan fingerprint density at radius 1 is 1.64 bits per heavy atom. The molecule has 0 bridgehead atoms. The van der Waals surface area contributed by atoms with Gasteiger partial charge in [-0.2, -0.15) is 11.3 Å². The molecular weight excluding hydrogens is 160 g/mol. The number of ether oxygens (including phenoxy) is 2. The predicted octanol–water partition coefficient (Wildman–Crippen LogP) is 2.26. The van der Waals surface area contributed by atoms with Gasteiger partial charge in [0, 0.05) is 7.11 Å². The SMILES string of the molecule is COC(C)OCc1ccsc1. The molecule has 0 saturated heterocycles. The van der Waals surface area contributed by atoms with Crippen LogP contribution < -0.4 is 0 Å². The van der Waals surface area contributed by atoms with Crippen molar-refractivity contribution in [2.45, 2.75) is 19.8 Å². The first-order chi connectivity index (χ1) is 5.33.